The lowest BCUT2D eigenvalue weighted by molar-refractivity contribution is -0.123. The Labute approximate surface area is 177 Å². The second-order valence-electron chi connectivity index (χ2n) is 6.79. The van der Waals surface area contributed by atoms with E-state index in [1.165, 1.54) is 11.1 Å². The van der Waals surface area contributed by atoms with Gasteiger partial charge in [-0.15, -0.1) is 24.8 Å². The summed E-state index contributed by atoms with van der Waals surface area (Å²) in [6.07, 6.45) is 4.66. The summed E-state index contributed by atoms with van der Waals surface area (Å²) in [6, 6.07) is 7.53. The van der Waals surface area contributed by atoms with Crippen molar-refractivity contribution in [2.24, 2.45) is 0 Å². The summed E-state index contributed by atoms with van der Waals surface area (Å²) in [5.74, 6) is -0.0147. The minimum Gasteiger partial charge on any atom is -0.350 e. The minimum atomic E-state index is -0.322. The molecule has 1 unspecified atom stereocenters. The van der Waals surface area contributed by atoms with Crippen LogP contribution < -0.4 is 10.6 Å². The van der Waals surface area contributed by atoms with Crippen LogP contribution in [0.2, 0.25) is 0 Å². The van der Waals surface area contributed by atoms with Crippen molar-refractivity contribution in [2.45, 2.75) is 39.4 Å². The van der Waals surface area contributed by atoms with Crippen LogP contribution in [-0.4, -0.2) is 27.0 Å². The Morgan fingerprint density at radius 1 is 1.29 bits per heavy atom. The molecule has 1 aliphatic rings. The van der Waals surface area contributed by atoms with Gasteiger partial charge in [-0.05, 0) is 55.6 Å². The molecule has 8 heteroatoms. The molecule has 28 heavy (non-hydrogen) atoms. The highest BCUT2D eigenvalue weighted by atomic mass is 35.5. The van der Waals surface area contributed by atoms with Crippen LogP contribution in [0.5, 0.6) is 0 Å². The lowest BCUT2D eigenvalue weighted by Gasteiger charge is -2.22. The van der Waals surface area contributed by atoms with E-state index >= 15 is 0 Å². The van der Waals surface area contributed by atoms with Gasteiger partial charge in [-0.2, -0.15) is 0 Å². The second kappa shape index (κ2) is 9.37. The van der Waals surface area contributed by atoms with Gasteiger partial charge >= 0.3 is 0 Å². The van der Waals surface area contributed by atoms with Gasteiger partial charge in [0.25, 0.3) is 0 Å². The van der Waals surface area contributed by atoms with Crippen LogP contribution in [0.3, 0.4) is 0 Å². The first-order chi connectivity index (χ1) is 12.6. The number of carbonyl (C=O) groups is 1. The monoisotopic (exact) mass is 421 g/mol. The number of halogens is 2. The van der Waals surface area contributed by atoms with E-state index in [2.05, 4.69) is 20.6 Å². The molecular weight excluding hydrogens is 397 g/mol. The molecule has 3 heterocycles. The number of carbonyl (C=O) groups excluding carboxylic acids is 1. The number of hydrogen-bond donors (Lipinski definition) is 2. The zero-order chi connectivity index (χ0) is 18.1. The Bertz CT molecular complexity index is 972. The summed E-state index contributed by atoms with van der Waals surface area (Å²) in [7, 11) is 0. The van der Waals surface area contributed by atoms with Gasteiger partial charge in [0.05, 0.1) is 17.4 Å². The summed E-state index contributed by atoms with van der Waals surface area (Å²) < 4.78 is 1.92. The number of benzene rings is 1. The molecule has 3 aromatic rings. The number of imidazole rings is 1. The van der Waals surface area contributed by atoms with E-state index in [1.54, 1.807) is 6.33 Å². The normalized spacial score (nSPS) is 13.8. The lowest BCUT2D eigenvalue weighted by atomic mass is 9.96. The van der Waals surface area contributed by atoms with Crippen molar-refractivity contribution in [3.05, 3.63) is 59.2 Å². The summed E-state index contributed by atoms with van der Waals surface area (Å²) in [6.45, 7) is 6.24. The van der Waals surface area contributed by atoms with Crippen LogP contribution in [-0.2, 0) is 24.3 Å². The molecule has 0 bridgehead atoms. The van der Waals surface area contributed by atoms with Crippen LogP contribution in [0.25, 0.3) is 11.0 Å². The van der Waals surface area contributed by atoms with Gasteiger partial charge in [-0.3, -0.25) is 9.78 Å². The summed E-state index contributed by atoms with van der Waals surface area (Å²) >= 11 is 0. The number of amides is 1. The molecule has 150 valence electrons. The molecular formula is C20H25Cl2N5O. The van der Waals surface area contributed by atoms with Crippen molar-refractivity contribution in [1.29, 1.82) is 0 Å². The van der Waals surface area contributed by atoms with Crippen molar-refractivity contribution >= 4 is 41.8 Å². The van der Waals surface area contributed by atoms with Crippen LogP contribution >= 0.6 is 24.8 Å². The molecule has 0 saturated carbocycles. The van der Waals surface area contributed by atoms with Crippen LogP contribution in [0.15, 0.2) is 36.8 Å². The van der Waals surface area contributed by atoms with Crippen molar-refractivity contribution in [3.8, 4) is 0 Å². The van der Waals surface area contributed by atoms with E-state index in [4.69, 9.17) is 0 Å². The fourth-order valence-electron chi connectivity index (χ4n) is 3.61. The van der Waals surface area contributed by atoms with Crippen molar-refractivity contribution in [3.63, 3.8) is 0 Å². The maximum Gasteiger partial charge on any atom is 0.243 e. The van der Waals surface area contributed by atoms with Gasteiger partial charge in [0.1, 0.15) is 6.04 Å². The number of fused-ring (bicyclic) bond motifs is 2. The molecule has 6 nitrogen and oxygen atoms in total. The van der Waals surface area contributed by atoms with Crippen LogP contribution in [0, 0.1) is 6.92 Å². The molecule has 1 aromatic carbocycles. The van der Waals surface area contributed by atoms with Gasteiger partial charge in [-0.1, -0.05) is 12.1 Å². The van der Waals surface area contributed by atoms with Crippen molar-refractivity contribution < 1.29 is 4.79 Å². The van der Waals surface area contributed by atoms with Crippen molar-refractivity contribution in [1.82, 2.24) is 25.2 Å². The zero-order valence-electron chi connectivity index (χ0n) is 15.9. The number of pyridine rings is 1. The Morgan fingerprint density at radius 2 is 2.07 bits per heavy atom. The highest BCUT2D eigenvalue weighted by Crippen LogP contribution is 2.21. The third-order valence-electron chi connectivity index (χ3n) is 5.19. The Morgan fingerprint density at radius 3 is 2.89 bits per heavy atom. The molecule has 0 radical (unpaired) electrons. The third-order valence-corrected chi connectivity index (χ3v) is 5.19. The number of aromatic nitrogens is 3. The predicted molar refractivity (Wildman–Crippen MR) is 115 cm³/mol. The minimum absolute atomic E-state index is 0. The van der Waals surface area contributed by atoms with Gasteiger partial charge in [0.2, 0.25) is 5.91 Å². The molecule has 2 aromatic heterocycles. The Hall–Kier alpha value is -2.15. The van der Waals surface area contributed by atoms with Crippen LogP contribution in [0.1, 0.15) is 35.3 Å². The SMILES string of the molecule is Cc1ncc2c(c1CNC(=O)C(C)n1cnc3ccccc31)CCNC2.Cl.Cl. The van der Waals surface area contributed by atoms with E-state index in [9.17, 15) is 4.79 Å². The second-order valence-corrected chi connectivity index (χ2v) is 6.79. The molecule has 2 N–H and O–H groups in total. The summed E-state index contributed by atoms with van der Waals surface area (Å²) in [5.41, 5.74) is 6.58. The molecule has 0 fully saturated rings. The predicted octanol–water partition coefficient (Wildman–Crippen LogP) is 3.11. The molecule has 1 aliphatic heterocycles. The fraction of sp³-hybridized carbons (Fsp3) is 0.350. The van der Waals surface area contributed by atoms with E-state index in [1.807, 2.05) is 48.9 Å². The first-order valence-electron chi connectivity index (χ1n) is 9.01. The molecule has 1 amide bonds. The highest BCUT2D eigenvalue weighted by Gasteiger charge is 2.19. The fourth-order valence-corrected chi connectivity index (χ4v) is 3.61. The van der Waals surface area contributed by atoms with E-state index in [0.717, 1.165) is 41.8 Å². The van der Waals surface area contributed by atoms with Crippen LogP contribution in [0.4, 0.5) is 0 Å². The summed E-state index contributed by atoms with van der Waals surface area (Å²) in [4.78, 5) is 21.6. The third kappa shape index (κ3) is 4.14. The average molecular weight is 422 g/mol. The largest absolute Gasteiger partial charge is 0.350 e. The molecule has 1 atom stereocenters. The van der Waals surface area contributed by atoms with E-state index in [-0.39, 0.29) is 36.8 Å². The van der Waals surface area contributed by atoms with E-state index in [0.29, 0.717) is 6.54 Å². The molecule has 4 rings (SSSR count). The maximum absolute atomic E-state index is 12.7. The standard InChI is InChI=1S/C20H23N5O.2ClH/c1-13-17(16-7-8-21-9-15(16)10-22-13)11-23-20(26)14(2)25-12-24-18-5-3-4-6-19(18)25;;/h3-6,10,12,14,21H,7-9,11H2,1-2H3,(H,23,26);2*1H. The van der Waals surface area contributed by atoms with Gasteiger partial charge in [0.15, 0.2) is 0 Å². The van der Waals surface area contributed by atoms with E-state index < -0.39 is 0 Å². The van der Waals surface area contributed by atoms with Gasteiger partial charge in [0, 0.05) is 25.0 Å². The number of hydrogen-bond acceptors (Lipinski definition) is 4. The molecule has 0 aliphatic carbocycles. The average Bonchev–Trinajstić information content (AvgIpc) is 3.10. The van der Waals surface area contributed by atoms with Gasteiger partial charge in [-0.25, -0.2) is 4.98 Å². The summed E-state index contributed by atoms with van der Waals surface area (Å²) in [5, 5.41) is 6.46. The number of nitrogens with one attached hydrogen (secondary N) is 2. The zero-order valence-corrected chi connectivity index (χ0v) is 17.6. The highest BCUT2D eigenvalue weighted by molar-refractivity contribution is 5.85. The first-order valence-corrected chi connectivity index (χ1v) is 9.01. The topological polar surface area (TPSA) is 71.8 Å². The number of nitrogens with zero attached hydrogens (tertiary/aromatic N) is 3. The number of rotatable bonds is 4. The van der Waals surface area contributed by atoms with Crippen molar-refractivity contribution in [2.75, 3.05) is 6.54 Å². The quantitative estimate of drug-likeness (QED) is 0.678. The Balaban J connectivity index is 0.00000140. The maximum atomic E-state index is 12.7. The lowest BCUT2D eigenvalue weighted by Crippen LogP contribution is -2.32. The number of para-hydroxylation sites is 2. The first kappa shape index (κ1) is 22.1. The molecule has 0 saturated heterocycles. The molecule has 0 spiro atoms. The van der Waals surface area contributed by atoms with Gasteiger partial charge < -0.3 is 15.2 Å². The Kier molecular flexibility index (Phi) is 7.41. The smallest absolute Gasteiger partial charge is 0.243 e. The number of aryl methyl sites for hydroxylation is 1.